The number of nitrogens with one attached hydrogen (secondary N) is 2. The van der Waals surface area contributed by atoms with Crippen LogP contribution in [0.1, 0.15) is 36.3 Å². The van der Waals surface area contributed by atoms with Crippen molar-refractivity contribution >= 4 is 46.4 Å². The summed E-state index contributed by atoms with van der Waals surface area (Å²) in [5.41, 5.74) is 1.55. The predicted octanol–water partition coefficient (Wildman–Crippen LogP) is 4.18. The molecule has 2 N–H and O–H groups in total. The standard InChI is InChI=1S/C22H20Cl2N8O2/c1-3-18-29-20(30-32(18)19-16(23)5-4-6-17(19)24)22(34)28-15-9-7-14(8-10-15)27-21(33)13(2)31-12-25-11-26-31/h4-13H,3H2,1-2H3,(H,27,33)(H,28,34)/t13-/m0/s1. The molecule has 2 amide bonds. The summed E-state index contributed by atoms with van der Waals surface area (Å²) in [6.45, 7) is 3.61. The Labute approximate surface area is 204 Å². The number of amides is 2. The molecule has 10 nitrogen and oxygen atoms in total. The molecule has 0 spiro atoms. The second kappa shape index (κ2) is 10.0. The summed E-state index contributed by atoms with van der Waals surface area (Å²) < 4.78 is 2.94. The van der Waals surface area contributed by atoms with Crippen LogP contribution in [0.5, 0.6) is 0 Å². The van der Waals surface area contributed by atoms with Gasteiger partial charge in [0.1, 0.15) is 30.2 Å². The number of aryl methyl sites for hydroxylation is 1. The molecule has 4 aromatic rings. The first kappa shape index (κ1) is 23.4. The molecule has 0 aliphatic heterocycles. The van der Waals surface area contributed by atoms with E-state index in [1.165, 1.54) is 22.0 Å². The van der Waals surface area contributed by atoms with Crippen LogP contribution in [0.15, 0.2) is 55.1 Å². The number of rotatable bonds is 7. The van der Waals surface area contributed by atoms with Gasteiger partial charge in [0.05, 0.1) is 10.0 Å². The van der Waals surface area contributed by atoms with E-state index in [-0.39, 0.29) is 11.7 Å². The van der Waals surface area contributed by atoms with Crippen molar-refractivity contribution in [3.05, 3.63) is 76.8 Å². The van der Waals surface area contributed by atoms with Crippen molar-refractivity contribution in [3.63, 3.8) is 0 Å². The molecule has 174 valence electrons. The molecule has 2 aromatic heterocycles. The van der Waals surface area contributed by atoms with Gasteiger partial charge in [-0.2, -0.15) is 5.10 Å². The van der Waals surface area contributed by atoms with E-state index in [2.05, 4.69) is 30.8 Å². The van der Waals surface area contributed by atoms with Gasteiger partial charge in [-0.3, -0.25) is 9.59 Å². The smallest absolute Gasteiger partial charge is 0.295 e. The molecule has 0 bridgehead atoms. The summed E-state index contributed by atoms with van der Waals surface area (Å²) in [5.74, 6) is -0.220. The van der Waals surface area contributed by atoms with E-state index >= 15 is 0 Å². The zero-order valence-corrected chi connectivity index (χ0v) is 19.7. The normalized spacial score (nSPS) is 11.8. The maximum atomic E-state index is 12.8. The van der Waals surface area contributed by atoms with Crippen LogP contribution < -0.4 is 10.6 Å². The van der Waals surface area contributed by atoms with Gasteiger partial charge in [0.2, 0.25) is 11.7 Å². The number of hydrogen-bond acceptors (Lipinski definition) is 6. The van der Waals surface area contributed by atoms with Crippen LogP contribution in [0, 0.1) is 0 Å². The van der Waals surface area contributed by atoms with Crippen molar-refractivity contribution in [2.45, 2.75) is 26.3 Å². The van der Waals surface area contributed by atoms with Crippen LogP contribution in [-0.4, -0.2) is 41.3 Å². The van der Waals surface area contributed by atoms with Crippen LogP contribution in [0.25, 0.3) is 5.69 Å². The molecule has 0 unspecified atom stereocenters. The topological polar surface area (TPSA) is 120 Å². The molecular weight excluding hydrogens is 479 g/mol. The van der Waals surface area contributed by atoms with Crippen molar-refractivity contribution < 1.29 is 9.59 Å². The first-order valence-corrected chi connectivity index (χ1v) is 11.1. The Morgan fingerprint density at radius 1 is 1.03 bits per heavy atom. The third-order valence-electron chi connectivity index (χ3n) is 4.97. The predicted molar refractivity (Wildman–Crippen MR) is 129 cm³/mol. The third kappa shape index (κ3) is 4.92. The Kier molecular flexibility index (Phi) is 6.90. The Balaban J connectivity index is 1.46. The molecule has 0 fully saturated rings. The average molecular weight is 499 g/mol. The molecule has 2 heterocycles. The minimum Gasteiger partial charge on any atom is -0.324 e. The fourth-order valence-electron chi connectivity index (χ4n) is 3.15. The zero-order valence-electron chi connectivity index (χ0n) is 18.2. The molecule has 0 saturated carbocycles. The first-order chi connectivity index (χ1) is 16.4. The molecule has 0 saturated heterocycles. The molecule has 1 atom stereocenters. The minimum atomic E-state index is -0.526. The summed E-state index contributed by atoms with van der Waals surface area (Å²) >= 11 is 12.6. The highest BCUT2D eigenvalue weighted by molar-refractivity contribution is 6.37. The van der Waals surface area contributed by atoms with Crippen molar-refractivity contribution in [2.75, 3.05) is 10.6 Å². The van der Waals surface area contributed by atoms with E-state index in [1.54, 1.807) is 49.4 Å². The van der Waals surface area contributed by atoms with E-state index < -0.39 is 11.9 Å². The minimum absolute atomic E-state index is 0.0214. The van der Waals surface area contributed by atoms with E-state index in [0.717, 1.165) is 0 Å². The molecule has 12 heteroatoms. The number of carbonyl (C=O) groups excluding carboxylic acids is 2. The molecule has 0 radical (unpaired) electrons. The zero-order chi connectivity index (χ0) is 24.2. The van der Waals surface area contributed by atoms with Gasteiger partial charge in [0.15, 0.2) is 0 Å². The second-order valence-corrected chi connectivity index (χ2v) is 8.07. The van der Waals surface area contributed by atoms with Gasteiger partial charge >= 0.3 is 0 Å². The van der Waals surface area contributed by atoms with Gasteiger partial charge < -0.3 is 10.6 Å². The summed E-state index contributed by atoms with van der Waals surface area (Å²) in [4.78, 5) is 33.3. The highest BCUT2D eigenvalue weighted by Crippen LogP contribution is 2.29. The third-order valence-corrected chi connectivity index (χ3v) is 5.58. The van der Waals surface area contributed by atoms with E-state index in [1.807, 2.05) is 6.92 Å². The number of hydrogen-bond donors (Lipinski definition) is 2. The number of aromatic nitrogens is 6. The van der Waals surface area contributed by atoms with Crippen molar-refractivity contribution in [2.24, 2.45) is 0 Å². The summed E-state index contributed by atoms with van der Waals surface area (Å²) in [5, 5.41) is 14.6. The summed E-state index contributed by atoms with van der Waals surface area (Å²) in [6, 6.07) is 11.3. The van der Waals surface area contributed by atoms with Crippen LogP contribution in [0.2, 0.25) is 10.0 Å². The molecule has 4 rings (SSSR count). The number of benzene rings is 2. The van der Waals surface area contributed by atoms with Gasteiger partial charge in [-0.1, -0.05) is 36.2 Å². The number of halogens is 2. The van der Waals surface area contributed by atoms with E-state index in [9.17, 15) is 9.59 Å². The lowest BCUT2D eigenvalue weighted by Crippen LogP contribution is -2.24. The maximum absolute atomic E-state index is 12.8. The maximum Gasteiger partial charge on any atom is 0.295 e. The van der Waals surface area contributed by atoms with Gasteiger partial charge in [0, 0.05) is 17.8 Å². The lowest BCUT2D eigenvalue weighted by molar-refractivity contribution is -0.119. The molecule has 0 aliphatic carbocycles. The Morgan fingerprint density at radius 3 is 2.26 bits per heavy atom. The van der Waals surface area contributed by atoms with E-state index in [0.29, 0.717) is 39.4 Å². The number of anilines is 2. The van der Waals surface area contributed by atoms with Crippen molar-refractivity contribution in [1.82, 2.24) is 29.5 Å². The van der Waals surface area contributed by atoms with Crippen LogP contribution >= 0.6 is 23.2 Å². The lowest BCUT2D eigenvalue weighted by atomic mass is 10.2. The largest absolute Gasteiger partial charge is 0.324 e. The lowest BCUT2D eigenvalue weighted by Gasteiger charge is -2.12. The quantitative estimate of drug-likeness (QED) is 0.394. The second-order valence-electron chi connectivity index (χ2n) is 7.26. The van der Waals surface area contributed by atoms with Gasteiger partial charge in [-0.15, -0.1) is 5.10 Å². The summed E-state index contributed by atoms with van der Waals surface area (Å²) in [7, 11) is 0. The molecular formula is C22H20Cl2N8O2. The van der Waals surface area contributed by atoms with Crippen molar-refractivity contribution in [3.8, 4) is 5.69 Å². The Morgan fingerprint density at radius 2 is 1.68 bits per heavy atom. The first-order valence-electron chi connectivity index (χ1n) is 10.3. The average Bonchev–Trinajstić information content (AvgIpc) is 3.50. The van der Waals surface area contributed by atoms with Gasteiger partial charge in [0.25, 0.3) is 5.91 Å². The molecule has 2 aromatic carbocycles. The monoisotopic (exact) mass is 498 g/mol. The van der Waals surface area contributed by atoms with Gasteiger partial charge in [-0.05, 0) is 43.3 Å². The number of para-hydroxylation sites is 1. The number of nitrogens with zero attached hydrogens (tertiary/aromatic N) is 6. The Bertz CT molecular complexity index is 1300. The van der Waals surface area contributed by atoms with Crippen LogP contribution in [0.4, 0.5) is 11.4 Å². The fraction of sp³-hybridized carbons (Fsp3) is 0.182. The highest BCUT2D eigenvalue weighted by atomic mass is 35.5. The van der Waals surface area contributed by atoms with Crippen LogP contribution in [-0.2, 0) is 11.2 Å². The molecule has 0 aliphatic rings. The van der Waals surface area contributed by atoms with Crippen molar-refractivity contribution in [1.29, 1.82) is 0 Å². The SMILES string of the molecule is CCc1nc(C(=O)Nc2ccc(NC(=O)[C@H](C)n3cncn3)cc2)nn1-c1c(Cl)cccc1Cl. The van der Waals surface area contributed by atoms with Crippen LogP contribution in [0.3, 0.4) is 0 Å². The molecule has 34 heavy (non-hydrogen) atoms. The summed E-state index contributed by atoms with van der Waals surface area (Å²) in [6.07, 6.45) is 3.36. The Hall–Kier alpha value is -3.76. The number of carbonyl (C=O) groups is 2. The van der Waals surface area contributed by atoms with E-state index in [4.69, 9.17) is 23.2 Å². The highest BCUT2D eigenvalue weighted by Gasteiger charge is 2.20. The fourth-order valence-corrected chi connectivity index (χ4v) is 3.71. The van der Waals surface area contributed by atoms with Gasteiger partial charge in [-0.25, -0.2) is 19.3 Å².